The van der Waals surface area contributed by atoms with Crippen LogP contribution in [0.2, 0.25) is 0 Å². The van der Waals surface area contributed by atoms with E-state index in [-0.39, 0.29) is 23.8 Å². The zero-order valence-corrected chi connectivity index (χ0v) is 14.7. The Balaban J connectivity index is 2.77. The van der Waals surface area contributed by atoms with Crippen molar-refractivity contribution in [2.24, 2.45) is 0 Å². The number of benzene rings is 1. The molecule has 1 aromatic carbocycles. The highest BCUT2D eigenvalue weighted by atomic mass is 35.6. The van der Waals surface area contributed by atoms with Gasteiger partial charge >= 0.3 is 0 Å². The van der Waals surface area contributed by atoms with Gasteiger partial charge in [-0.1, -0.05) is 60.6 Å². The van der Waals surface area contributed by atoms with Gasteiger partial charge in [0.05, 0.1) is 11.0 Å². The number of rotatable bonds is 8. The van der Waals surface area contributed by atoms with Gasteiger partial charge < -0.3 is 10.1 Å². The second kappa shape index (κ2) is 9.15. The molecule has 6 nitrogen and oxygen atoms in total. The molecule has 128 valence electrons. The lowest BCUT2D eigenvalue weighted by atomic mass is 10.2. The van der Waals surface area contributed by atoms with Crippen LogP contribution in [0.5, 0.6) is 5.75 Å². The summed E-state index contributed by atoms with van der Waals surface area (Å²) in [6.45, 7) is 2.02. The summed E-state index contributed by atoms with van der Waals surface area (Å²) in [6.07, 6.45) is 1.63. The Bertz CT molecular complexity index is 549. The van der Waals surface area contributed by atoms with E-state index in [0.717, 1.165) is 12.8 Å². The maximum absolute atomic E-state index is 11.9. The molecule has 23 heavy (non-hydrogen) atoms. The molecule has 0 aromatic heterocycles. The average Bonchev–Trinajstić information content (AvgIpc) is 2.46. The minimum Gasteiger partial charge on any atom is -0.466 e. The van der Waals surface area contributed by atoms with Crippen molar-refractivity contribution in [1.82, 2.24) is 5.32 Å². The summed E-state index contributed by atoms with van der Waals surface area (Å²) >= 11 is 17.4. The molecule has 0 unspecified atom stereocenters. The molecule has 0 fully saturated rings. The Kier molecular flexibility index (Phi) is 7.88. The van der Waals surface area contributed by atoms with Gasteiger partial charge in [0.25, 0.3) is 5.69 Å². The van der Waals surface area contributed by atoms with Gasteiger partial charge in [-0.25, -0.2) is 0 Å². The molecule has 1 rings (SSSR count). The first-order valence-electron chi connectivity index (χ1n) is 7.01. The number of unbranched alkanes of at least 4 members (excludes halogenated alkanes) is 2. The number of ether oxygens (including phenoxy) is 1. The van der Waals surface area contributed by atoms with Crippen molar-refractivity contribution in [3.05, 3.63) is 34.4 Å². The van der Waals surface area contributed by atoms with Crippen LogP contribution in [-0.4, -0.2) is 20.9 Å². The number of nitrogens with one attached hydrogen (secondary N) is 1. The number of non-ortho nitro benzene ring substituents is 1. The molecule has 1 amide bonds. The third-order valence-electron chi connectivity index (χ3n) is 2.88. The number of hydrogen-bond acceptors (Lipinski definition) is 4. The number of nitro groups is 1. The normalized spacial score (nSPS) is 12.5. The number of carbonyl (C=O) groups is 1. The average molecular weight is 384 g/mol. The zero-order chi connectivity index (χ0) is 17.5. The fourth-order valence-corrected chi connectivity index (χ4v) is 2.04. The van der Waals surface area contributed by atoms with E-state index in [1.165, 1.54) is 24.3 Å². The lowest BCUT2D eigenvalue weighted by Crippen LogP contribution is -2.47. The number of carbonyl (C=O) groups excluding carboxylic acids is 1. The van der Waals surface area contributed by atoms with E-state index in [4.69, 9.17) is 39.5 Å². The second-order valence-electron chi connectivity index (χ2n) is 4.82. The van der Waals surface area contributed by atoms with Crippen LogP contribution >= 0.6 is 34.8 Å². The molecule has 1 atom stereocenters. The van der Waals surface area contributed by atoms with Gasteiger partial charge in [-0.05, 0) is 12.5 Å². The van der Waals surface area contributed by atoms with Crippen molar-refractivity contribution in [1.29, 1.82) is 0 Å². The molecule has 0 aliphatic rings. The van der Waals surface area contributed by atoms with Crippen LogP contribution in [0.1, 0.15) is 32.6 Å². The molecule has 0 spiro atoms. The van der Waals surface area contributed by atoms with Gasteiger partial charge in [-0.2, -0.15) is 0 Å². The van der Waals surface area contributed by atoms with Crippen molar-refractivity contribution in [2.75, 3.05) is 0 Å². The minimum absolute atomic E-state index is 0.115. The van der Waals surface area contributed by atoms with Gasteiger partial charge in [0.1, 0.15) is 5.75 Å². The van der Waals surface area contributed by atoms with Crippen LogP contribution in [0.3, 0.4) is 0 Å². The maximum atomic E-state index is 11.9. The first-order chi connectivity index (χ1) is 10.7. The first-order valence-corrected chi connectivity index (χ1v) is 8.14. The fourth-order valence-electron chi connectivity index (χ4n) is 1.74. The van der Waals surface area contributed by atoms with Crippen molar-refractivity contribution in [2.45, 2.75) is 42.6 Å². The van der Waals surface area contributed by atoms with E-state index in [1.54, 1.807) is 0 Å². The minimum atomic E-state index is -1.93. The zero-order valence-electron chi connectivity index (χ0n) is 12.4. The summed E-state index contributed by atoms with van der Waals surface area (Å²) in [6, 6.07) is 5.40. The Morgan fingerprint density at radius 3 is 2.65 bits per heavy atom. The summed E-state index contributed by atoms with van der Waals surface area (Å²) in [4.78, 5) is 22.1. The Morgan fingerprint density at radius 2 is 2.09 bits per heavy atom. The van der Waals surface area contributed by atoms with Gasteiger partial charge in [0.15, 0.2) is 0 Å². The molecule has 0 aliphatic carbocycles. The predicted molar refractivity (Wildman–Crippen MR) is 90.1 cm³/mol. The molecule has 0 heterocycles. The van der Waals surface area contributed by atoms with Gasteiger partial charge in [-0.3, -0.25) is 14.9 Å². The van der Waals surface area contributed by atoms with Crippen molar-refractivity contribution < 1.29 is 14.5 Å². The van der Waals surface area contributed by atoms with E-state index >= 15 is 0 Å². The number of halogens is 3. The number of amides is 1. The molecule has 1 N–H and O–H groups in total. The van der Waals surface area contributed by atoms with Crippen LogP contribution in [-0.2, 0) is 4.79 Å². The highest BCUT2D eigenvalue weighted by Crippen LogP contribution is 2.32. The molecule has 1 aromatic rings. The Labute approximate surface area is 149 Å². The van der Waals surface area contributed by atoms with Gasteiger partial charge in [0.2, 0.25) is 15.9 Å². The van der Waals surface area contributed by atoms with Crippen molar-refractivity contribution >= 4 is 46.4 Å². The summed E-state index contributed by atoms with van der Waals surface area (Å²) in [5, 5.41) is 13.2. The van der Waals surface area contributed by atoms with Crippen LogP contribution in [0.25, 0.3) is 0 Å². The van der Waals surface area contributed by atoms with E-state index < -0.39 is 14.9 Å². The third-order valence-corrected chi connectivity index (χ3v) is 3.47. The Morgan fingerprint density at radius 1 is 1.39 bits per heavy atom. The van der Waals surface area contributed by atoms with Gasteiger partial charge in [0, 0.05) is 12.5 Å². The highest BCUT2D eigenvalue weighted by Gasteiger charge is 2.36. The van der Waals surface area contributed by atoms with E-state index in [9.17, 15) is 14.9 Å². The van der Waals surface area contributed by atoms with Crippen LogP contribution in [0.4, 0.5) is 5.69 Å². The summed E-state index contributed by atoms with van der Waals surface area (Å²) in [5.74, 6) is -0.204. The Hall–Kier alpha value is -1.24. The molecule has 0 bridgehead atoms. The number of nitro benzene ring substituents is 1. The molecule has 0 saturated carbocycles. The quantitative estimate of drug-likeness (QED) is 0.238. The highest BCUT2D eigenvalue weighted by molar-refractivity contribution is 6.68. The molecular weight excluding hydrogens is 367 g/mol. The van der Waals surface area contributed by atoms with Crippen molar-refractivity contribution in [3.63, 3.8) is 0 Å². The summed E-state index contributed by atoms with van der Waals surface area (Å²) < 4.78 is 3.49. The molecule has 0 aliphatic heterocycles. The van der Waals surface area contributed by atoms with Crippen LogP contribution < -0.4 is 10.1 Å². The lowest BCUT2D eigenvalue weighted by Gasteiger charge is -2.26. The van der Waals surface area contributed by atoms with Gasteiger partial charge in [-0.15, -0.1) is 0 Å². The second-order valence-corrected chi connectivity index (χ2v) is 7.19. The predicted octanol–water partition coefficient (Wildman–Crippen LogP) is 4.37. The standard InChI is InChI=1S/C14H17Cl3N2O4/c1-2-3-4-8-12(20)18-13(14(15,16)17)23-11-7-5-6-10(9-11)19(21)22/h5-7,9,13H,2-4,8H2,1H3,(H,18,20)/t13-/m0/s1. The summed E-state index contributed by atoms with van der Waals surface area (Å²) in [7, 11) is 0. The number of alkyl halides is 3. The lowest BCUT2D eigenvalue weighted by molar-refractivity contribution is -0.384. The number of hydrogen-bond donors (Lipinski definition) is 1. The van der Waals surface area contributed by atoms with Crippen molar-refractivity contribution in [3.8, 4) is 5.75 Å². The summed E-state index contributed by atoms with van der Waals surface area (Å²) in [5.41, 5.74) is -0.167. The third kappa shape index (κ3) is 7.24. The fraction of sp³-hybridized carbons (Fsp3) is 0.500. The molecule has 0 radical (unpaired) electrons. The molecular formula is C14H17Cl3N2O4. The SMILES string of the molecule is CCCCCC(=O)N[C@@H](Oc1cccc([N+](=O)[O-])c1)C(Cl)(Cl)Cl. The van der Waals surface area contributed by atoms with E-state index in [1.807, 2.05) is 6.92 Å². The maximum Gasteiger partial charge on any atom is 0.273 e. The van der Waals surface area contributed by atoms with Crippen LogP contribution in [0, 0.1) is 10.1 Å². The number of nitrogens with zero attached hydrogens (tertiary/aromatic N) is 1. The smallest absolute Gasteiger partial charge is 0.273 e. The molecule has 9 heteroatoms. The van der Waals surface area contributed by atoms with E-state index in [0.29, 0.717) is 6.42 Å². The topological polar surface area (TPSA) is 81.5 Å². The van der Waals surface area contributed by atoms with Crippen LogP contribution in [0.15, 0.2) is 24.3 Å². The first kappa shape index (κ1) is 19.8. The monoisotopic (exact) mass is 382 g/mol. The largest absolute Gasteiger partial charge is 0.466 e. The van der Waals surface area contributed by atoms with E-state index in [2.05, 4.69) is 5.32 Å². The molecule has 0 saturated heterocycles.